The molecule has 0 saturated heterocycles. The predicted molar refractivity (Wildman–Crippen MR) is 88.2 cm³/mol. The van der Waals surface area contributed by atoms with Gasteiger partial charge in [0.05, 0.1) is 6.10 Å². The van der Waals surface area contributed by atoms with Crippen molar-refractivity contribution in [2.75, 3.05) is 13.2 Å². The van der Waals surface area contributed by atoms with Crippen molar-refractivity contribution >= 4 is 0 Å². The van der Waals surface area contributed by atoms with Gasteiger partial charge in [0.2, 0.25) is 0 Å². The van der Waals surface area contributed by atoms with E-state index in [1.165, 1.54) is 70.8 Å². The summed E-state index contributed by atoms with van der Waals surface area (Å²) < 4.78 is 5.68. The highest BCUT2D eigenvalue weighted by Crippen LogP contribution is 2.34. The van der Waals surface area contributed by atoms with Crippen molar-refractivity contribution in [2.45, 2.75) is 97.1 Å². The Bertz CT molecular complexity index is 213. The summed E-state index contributed by atoms with van der Waals surface area (Å²) in [7, 11) is 0. The maximum atomic E-state index is 5.68. The third kappa shape index (κ3) is 7.64. The average Bonchev–Trinajstić information content (AvgIpc) is 2.41. The fraction of sp³-hybridized carbons (Fsp3) is 1.00. The Morgan fingerprint density at radius 3 is 2.40 bits per heavy atom. The van der Waals surface area contributed by atoms with Crippen molar-refractivity contribution in [1.82, 2.24) is 5.32 Å². The SMILES string of the molecule is CCCCCCCC(CC1CC(OCC)C1)NCCC. The summed E-state index contributed by atoms with van der Waals surface area (Å²) in [6.45, 7) is 8.72. The van der Waals surface area contributed by atoms with Crippen LogP contribution in [0.4, 0.5) is 0 Å². The Morgan fingerprint density at radius 2 is 1.75 bits per heavy atom. The minimum Gasteiger partial charge on any atom is -0.378 e. The third-order valence-electron chi connectivity index (χ3n) is 4.55. The van der Waals surface area contributed by atoms with E-state index in [1.807, 2.05) is 0 Å². The van der Waals surface area contributed by atoms with Crippen molar-refractivity contribution in [3.05, 3.63) is 0 Å². The second-order valence-corrected chi connectivity index (χ2v) is 6.50. The van der Waals surface area contributed by atoms with E-state index in [-0.39, 0.29) is 0 Å². The van der Waals surface area contributed by atoms with Gasteiger partial charge in [-0.05, 0) is 51.5 Å². The molecule has 0 bridgehead atoms. The van der Waals surface area contributed by atoms with Gasteiger partial charge in [-0.2, -0.15) is 0 Å². The lowest BCUT2D eigenvalue weighted by Gasteiger charge is -2.37. The average molecular weight is 284 g/mol. The second-order valence-electron chi connectivity index (χ2n) is 6.50. The van der Waals surface area contributed by atoms with Crippen molar-refractivity contribution in [3.63, 3.8) is 0 Å². The number of hydrogen-bond donors (Lipinski definition) is 1. The van der Waals surface area contributed by atoms with Gasteiger partial charge >= 0.3 is 0 Å². The van der Waals surface area contributed by atoms with Gasteiger partial charge in [-0.25, -0.2) is 0 Å². The lowest BCUT2D eigenvalue weighted by Crippen LogP contribution is -2.38. The smallest absolute Gasteiger partial charge is 0.0580 e. The molecule has 0 spiro atoms. The number of hydrogen-bond acceptors (Lipinski definition) is 2. The Labute approximate surface area is 127 Å². The molecule has 1 fully saturated rings. The van der Waals surface area contributed by atoms with Gasteiger partial charge in [-0.15, -0.1) is 0 Å². The maximum absolute atomic E-state index is 5.68. The molecule has 0 radical (unpaired) electrons. The molecule has 1 unspecified atom stereocenters. The molecule has 1 saturated carbocycles. The molecule has 1 rings (SSSR count). The van der Waals surface area contributed by atoms with Crippen LogP contribution in [0.15, 0.2) is 0 Å². The van der Waals surface area contributed by atoms with Crippen LogP contribution in [0.5, 0.6) is 0 Å². The Balaban J connectivity index is 2.12. The number of rotatable bonds is 13. The molecule has 1 aliphatic rings. The van der Waals surface area contributed by atoms with E-state index in [4.69, 9.17) is 4.74 Å². The molecule has 0 heterocycles. The Kier molecular flexibility index (Phi) is 10.4. The topological polar surface area (TPSA) is 21.3 Å². The van der Waals surface area contributed by atoms with E-state index in [9.17, 15) is 0 Å². The molecule has 0 aromatic carbocycles. The summed E-state index contributed by atoms with van der Waals surface area (Å²) in [5.41, 5.74) is 0. The maximum Gasteiger partial charge on any atom is 0.0580 e. The first-order valence-corrected chi connectivity index (χ1v) is 9.15. The van der Waals surface area contributed by atoms with Crippen molar-refractivity contribution in [1.29, 1.82) is 0 Å². The second kappa shape index (κ2) is 11.6. The summed E-state index contributed by atoms with van der Waals surface area (Å²) in [5.74, 6) is 0.913. The van der Waals surface area contributed by atoms with Crippen LogP contribution in [0, 0.1) is 5.92 Å². The van der Waals surface area contributed by atoms with E-state index in [0.29, 0.717) is 6.10 Å². The van der Waals surface area contributed by atoms with Crippen LogP contribution in [0.25, 0.3) is 0 Å². The van der Waals surface area contributed by atoms with Gasteiger partial charge in [-0.1, -0.05) is 46.0 Å². The molecule has 0 aromatic rings. The van der Waals surface area contributed by atoms with Crippen LogP contribution in [-0.2, 0) is 4.74 Å². The van der Waals surface area contributed by atoms with Crippen molar-refractivity contribution in [2.24, 2.45) is 5.92 Å². The third-order valence-corrected chi connectivity index (χ3v) is 4.55. The molecule has 2 nitrogen and oxygen atoms in total. The van der Waals surface area contributed by atoms with Crippen LogP contribution in [0.3, 0.4) is 0 Å². The summed E-state index contributed by atoms with van der Waals surface area (Å²) >= 11 is 0. The van der Waals surface area contributed by atoms with E-state index in [0.717, 1.165) is 18.6 Å². The summed E-state index contributed by atoms with van der Waals surface area (Å²) in [6, 6.07) is 0.754. The van der Waals surface area contributed by atoms with E-state index >= 15 is 0 Å². The van der Waals surface area contributed by atoms with Gasteiger partial charge in [0.25, 0.3) is 0 Å². The first-order valence-electron chi connectivity index (χ1n) is 9.15. The van der Waals surface area contributed by atoms with E-state index < -0.39 is 0 Å². The normalized spacial score (nSPS) is 23.6. The molecule has 120 valence electrons. The largest absolute Gasteiger partial charge is 0.378 e. The molecule has 20 heavy (non-hydrogen) atoms. The van der Waals surface area contributed by atoms with Gasteiger partial charge in [0.1, 0.15) is 0 Å². The zero-order chi connectivity index (χ0) is 14.6. The molecular weight excluding hydrogens is 246 g/mol. The van der Waals surface area contributed by atoms with Crippen LogP contribution >= 0.6 is 0 Å². The highest BCUT2D eigenvalue weighted by molar-refractivity contribution is 4.84. The number of nitrogens with one attached hydrogen (secondary N) is 1. The van der Waals surface area contributed by atoms with Crippen molar-refractivity contribution in [3.8, 4) is 0 Å². The van der Waals surface area contributed by atoms with Crippen LogP contribution in [0.2, 0.25) is 0 Å². The molecule has 2 heteroatoms. The fourth-order valence-corrected chi connectivity index (χ4v) is 3.29. The first kappa shape index (κ1) is 18.0. The van der Waals surface area contributed by atoms with Crippen LogP contribution in [0.1, 0.15) is 85.0 Å². The highest BCUT2D eigenvalue weighted by atomic mass is 16.5. The quantitative estimate of drug-likeness (QED) is 0.484. The van der Waals surface area contributed by atoms with Gasteiger partial charge in [0, 0.05) is 12.6 Å². The van der Waals surface area contributed by atoms with E-state index in [2.05, 4.69) is 26.1 Å². The molecule has 1 atom stereocenters. The molecule has 0 amide bonds. The Morgan fingerprint density at radius 1 is 1.00 bits per heavy atom. The van der Waals surface area contributed by atoms with Crippen LogP contribution < -0.4 is 5.32 Å². The minimum absolute atomic E-state index is 0.571. The standard InChI is InChI=1S/C18H37NO/c1-4-7-8-9-10-11-17(19-12-5-2)13-16-14-18(15-16)20-6-3/h16-19H,4-15H2,1-3H3. The first-order chi connectivity index (χ1) is 9.80. The molecule has 0 aromatic heterocycles. The summed E-state index contributed by atoms with van der Waals surface area (Å²) in [5, 5.41) is 3.77. The zero-order valence-corrected chi connectivity index (χ0v) is 14.1. The van der Waals surface area contributed by atoms with Gasteiger partial charge in [-0.3, -0.25) is 0 Å². The van der Waals surface area contributed by atoms with Crippen LogP contribution in [-0.4, -0.2) is 25.3 Å². The van der Waals surface area contributed by atoms with Gasteiger partial charge in [0.15, 0.2) is 0 Å². The number of ether oxygens (including phenoxy) is 1. The molecule has 1 aliphatic carbocycles. The minimum atomic E-state index is 0.571. The lowest BCUT2D eigenvalue weighted by molar-refractivity contribution is -0.0292. The number of unbranched alkanes of at least 4 members (excludes halogenated alkanes) is 4. The summed E-state index contributed by atoms with van der Waals surface area (Å²) in [6.07, 6.45) is 14.2. The molecular formula is C18H37NO. The predicted octanol–water partition coefficient (Wildman–Crippen LogP) is 4.92. The summed E-state index contributed by atoms with van der Waals surface area (Å²) in [4.78, 5) is 0. The molecule has 1 N–H and O–H groups in total. The zero-order valence-electron chi connectivity index (χ0n) is 14.1. The monoisotopic (exact) mass is 283 g/mol. The van der Waals surface area contributed by atoms with Gasteiger partial charge < -0.3 is 10.1 Å². The fourth-order valence-electron chi connectivity index (χ4n) is 3.29. The Hall–Kier alpha value is -0.0800. The van der Waals surface area contributed by atoms with E-state index in [1.54, 1.807) is 0 Å². The lowest BCUT2D eigenvalue weighted by atomic mass is 9.77. The molecule has 0 aliphatic heterocycles. The highest BCUT2D eigenvalue weighted by Gasteiger charge is 2.30. The van der Waals surface area contributed by atoms with Crippen molar-refractivity contribution < 1.29 is 4.74 Å².